The van der Waals surface area contributed by atoms with E-state index in [1.165, 1.54) is 68.0 Å². The molecule has 240 valence electrons. The Morgan fingerprint density at radius 1 is 0.841 bits per heavy atom. The van der Waals surface area contributed by atoms with Crippen LogP contribution in [0.2, 0.25) is 0 Å². The lowest BCUT2D eigenvalue weighted by molar-refractivity contribution is -0.385. The number of benzene rings is 2. The number of amides is 1. The van der Waals surface area contributed by atoms with Crippen molar-refractivity contribution in [2.45, 2.75) is 50.6 Å². The topological polar surface area (TPSA) is 209 Å². The Morgan fingerprint density at radius 2 is 1.39 bits per heavy atom. The number of nitrogens with zero attached hydrogens (tertiary/aromatic N) is 3. The van der Waals surface area contributed by atoms with Gasteiger partial charge in [0.15, 0.2) is 0 Å². The summed E-state index contributed by atoms with van der Waals surface area (Å²) in [5.74, 6) is -2.12. The quantitative estimate of drug-likeness (QED) is 0.263. The summed E-state index contributed by atoms with van der Waals surface area (Å²) < 4.78 is 9.32. The summed E-state index contributed by atoms with van der Waals surface area (Å²) in [5, 5.41) is 32.5. The molecular formula is C28H35ClN4O11. The first-order chi connectivity index (χ1) is 20.5. The number of carbonyl (C=O) groups is 4. The molecule has 2 saturated heterocycles. The third-order valence-electron chi connectivity index (χ3n) is 6.64. The highest BCUT2D eigenvalue weighted by molar-refractivity contribution is 5.97. The molecule has 0 saturated carbocycles. The molecule has 2 atom stereocenters. The van der Waals surface area contributed by atoms with Crippen molar-refractivity contribution < 1.29 is 43.6 Å². The number of non-ortho nitro benzene ring substituents is 2. The van der Waals surface area contributed by atoms with Gasteiger partial charge in [-0.15, -0.1) is 12.4 Å². The fraction of sp³-hybridized carbons (Fsp3) is 0.429. The number of nitro groups is 2. The molecule has 1 amide bonds. The van der Waals surface area contributed by atoms with E-state index in [2.05, 4.69) is 10.1 Å². The number of hydrogen-bond acceptors (Lipinski definition) is 11. The van der Waals surface area contributed by atoms with Crippen LogP contribution >= 0.6 is 12.4 Å². The molecule has 2 unspecified atom stereocenters. The van der Waals surface area contributed by atoms with Crippen molar-refractivity contribution in [1.82, 2.24) is 10.2 Å². The SMILES string of the molecule is COC(=O)C1CCCCN1.COC(=O)C1CCCCN1C(=O)c1cccc([N+](=O)[O-])c1.Cl.O=C(O)c1cccc([N+](=O)[O-])c1. The number of rotatable bonds is 6. The van der Waals surface area contributed by atoms with Gasteiger partial charge in [0, 0.05) is 36.4 Å². The summed E-state index contributed by atoms with van der Waals surface area (Å²) in [6.07, 6.45) is 5.42. The normalized spacial score (nSPS) is 17.1. The molecule has 16 heteroatoms. The van der Waals surface area contributed by atoms with Gasteiger partial charge in [0.25, 0.3) is 17.3 Å². The van der Waals surface area contributed by atoms with E-state index in [1.807, 2.05) is 0 Å². The van der Waals surface area contributed by atoms with Gasteiger partial charge in [0.05, 0.1) is 29.6 Å². The summed E-state index contributed by atoms with van der Waals surface area (Å²) in [4.78, 5) is 66.7. The van der Waals surface area contributed by atoms with E-state index in [-0.39, 0.29) is 52.8 Å². The molecule has 2 aliphatic heterocycles. The minimum atomic E-state index is -1.17. The Labute approximate surface area is 259 Å². The van der Waals surface area contributed by atoms with E-state index in [1.54, 1.807) is 0 Å². The Hall–Kier alpha value is -4.63. The first kappa shape index (κ1) is 37.4. The minimum absolute atomic E-state index is 0. The molecule has 0 aromatic heterocycles. The Kier molecular flexibility index (Phi) is 16.0. The maximum Gasteiger partial charge on any atom is 0.335 e. The third kappa shape index (κ3) is 11.2. The average Bonchev–Trinajstić information content (AvgIpc) is 3.04. The van der Waals surface area contributed by atoms with E-state index < -0.39 is 27.8 Å². The minimum Gasteiger partial charge on any atom is -0.478 e. The van der Waals surface area contributed by atoms with Crippen molar-refractivity contribution in [3.63, 3.8) is 0 Å². The molecule has 2 fully saturated rings. The number of halogens is 1. The maximum absolute atomic E-state index is 12.5. The van der Waals surface area contributed by atoms with Gasteiger partial charge in [0.2, 0.25) is 0 Å². The first-order valence-corrected chi connectivity index (χ1v) is 13.4. The number of likely N-dealkylation sites (tertiary alicyclic amines) is 1. The molecule has 0 bridgehead atoms. The van der Waals surface area contributed by atoms with Crippen molar-refractivity contribution >= 4 is 47.6 Å². The van der Waals surface area contributed by atoms with Crippen molar-refractivity contribution in [1.29, 1.82) is 0 Å². The molecular weight excluding hydrogens is 604 g/mol. The number of hydrogen-bond donors (Lipinski definition) is 2. The van der Waals surface area contributed by atoms with Gasteiger partial charge < -0.3 is 24.8 Å². The third-order valence-corrected chi connectivity index (χ3v) is 6.64. The highest BCUT2D eigenvalue weighted by atomic mass is 35.5. The first-order valence-electron chi connectivity index (χ1n) is 13.4. The van der Waals surface area contributed by atoms with Gasteiger partial charge in [-0.2, -0.15) is 0 Å². The van der Waals surface area contributed by atoms with Gasteiger partial charge in [-0.05, 0) is 50.8 Å². The van der Waals surface area contributed by atoms with Gasteiger partial charge in [-0.1, -0.05) is 18.6 Å². The molecule has 2 N–H and O–H groups in total. The van der Waals surface area contributed by atoms with Gasteiger partial charge >= 0.3 is 17.9 Å². The summed E-state index contributed by atoms with van der Waals surface area (Å²) in [6, 6.07) is 9.76. The molecule has 2 aliphatic rings. The van der Waals surface area contributed by atoms with E-state index >= 15 is 0 Å². The maximum atomic E-state index is 12.5. The van der Waals surface area contributed by atoms with Gasteiger partial charge in [-0.3, -0.25) is 29.8 Å². The summed E-state index contributed by atoms with van der Waals surface area (Å²) in [5.41, 5.74) is -0.230. The number of esters is 2. The predicted octanol–water partition coefficient (Wildman–Crippen LogP) is 3.78. The van der Waals surface area contributed by atoms with Crippen molar-refractivity contribution in [2.75, 3.05) is 27.3 Å². The molecule has 2 aromatic carbocycles. The smallest absolute Gasteiger partial charge is 0.335 e. The number of piperidine rings is 2. The number of aromatic carboxylic acids is 1. The molecule has 2 aromatic rings. The van der Waals surface area contributed by atoms with Crippen LogP contribution in [0.1, 0.15) is 59.2 Å². The molecule has 15 nitrogen and oxygen atoms in total. The highest BCUT2D eigenvalue weighted by Crippen LogP contribution is 2.22. The van der Waals surface area contributed by atoms with Crippen LogP contribution in [0.5, 0.6) is 0 Å². The fourth-order valence-corrected chi connectivity index (χ4v) is 4.42. The Morgan fingerprint density at radius 3 is 1.89 bits per heavy atom. The van der Waals surface area contributed by atoms with Crippen LogP contribution in [-0.4, -0.2) is 83.1 Å². The van der Waals surface area contributed by atoms with E-state index in [9.17, 15) is 39.4 Å². The number of carbonyl (C=O) groups excluding carboxylic acids is 3. The highest BCUT2D eigenvalue weighted by Gasteiger charge is 2.33. The molecule has 2 heterocycles. The predicted molar refractivity (Wildman–Crippen MR) is 159 cm³/mol. The lowest BCUT2D eigenvalue weighted by Gasteiger charge is -2.33. The average molecular weight is 639 g/mol. The fourth-order valence-electron chi connectivity index (χ4n) is 4.42. The van der Waals surface area contributed by atoms with Crippen molar-refractivity contribution in [2.24, 2.45) is 0 Å². The van der Waals surface area contributed by atoms with E-state index in [0.29, 0.717) is 13.0 Å². The largest absolute Gasteiger partial charge is 0.478 e. The van der Waals surface area contributed by atoms with Crippen LogP contribution < -0.4 is 5.32 Å². The second-order valence-corrected chi connectivity index (χ2v) is 9.48. The lowest BCUT2D eigenvalue weighted by Crippen LogP contribution is -2.48. The molecule has 0 radical (unpaired) electrons. The molecule has 0 spiro atoms. The number of carboxylic acid groups (broad SMARTS) is 1. The second-order valence-electron chi connectivity index (χ2n) is 9.48. The summed E-state index contributed by atoms with van der Waals surface area (Å²) in [6.45, 7) is 1.39. The van der Waals surface area contributed by atoms with Gasteiger partial charge in [-0.25, -0.2) is 9.59 Å². The van der Waals surface area contributed by atoms with Crippen LogP contribution in [-0.2, 0) is 19.1 Å². The summed E-state index contributed by atoms with van der Waals surface area (Å²) in [7, 11) is 2.71. The van der Waals surface area contributed by atoms with E-state index in [0.717, 1.165) is 38.3 Å². The Balaban J connectivity index is 0.000000358. The zero-order valence-electron chi connectivity index (χ0n) is 24.2. The van der Waals surface area contributed by atoms with E-state index in [4.69, 9.17) is 9.84 Å². The van der Waals surface area contributed by atoms with Crippen molar-refractivity contribution in [3.05, 3.63) is 79.9 Å². The molecule has 4 rings (SSSR count). The lowest BCUT2D eigenvalue weighted by atomic mass is 10.0. The Bertz CT molecular complexity index is 1290. The van der Waals surface area contributed by atoms with Gasteiger partial charge in [0.1, 0.15) is 12.1 Å². The molecule has 0 aliphatic carbocycles. The number of ether oxygens (including phenoxy) is 2. The van der Waals surface area contributed by atoms with Crippen LogP contribution in [0.15, 0.2) is 48.5 Å². The zero-order valence-corrected chi connectivity index (χ0v) is 25.0. The molecule has 44 heavy (non-hydrogen) atoms. The van der Waals surface area contributed by atoms with Crippen molar-refractivity contribution in [3.8, 4) is 0 Å². The van der Waals surface area contributed by atoms with Crippen LogP contribution in [0, 0.1) is 20.2 Å². The van der Waals surface area contributed by atoms with Crippen LogP contribution in [0.4, 0.5) is 11.4 Å². The number of carboxylic acids is 1. The standard InChI is InChI=1S/C14H16N2O5.C7H5NO4.C7H13NO2.ClH/c1-21-14(18)12-7-2-3-8-15(12)13(17)10-5-4-6-11(9-10)16(19)20;9-7(10)5-2-1-3-6(4-5)8(11)12;1-10-7(9)6-4-2-3-5-8-6;/h4-6,9,12H,2-3,7-8H2,1H3;1-4H,(H,9,10);6,8H,2-5H2,1H3;1H. The number of methoxy groups -OCH3 is 2. The number of nitro benzene ring substituents is 2. The zero-order chi connectivity index (χ0) is 31.9. The summed E-state index contributed by atoms with van der Waals surface area (Å²) >= 11 is 0. The van der Waals surface area contributed by atoms with Crippen LogP contribution in [0.3, 0.4) is 0 Å². The second kappa shape index (κ2) is 18.8. The number of nitrogens with one attached hydrogen (secondary N) is 1. The van der Waals surface area contributed by atoms with Crippen LogP contribution in [0.25, 0.3) is 0 Å². The monoisotopic (exact) mass is 638 g/mol.